The lowest BCUT2D eigenvalue weighted by Crippen LogP contribution is -2.26. The molecule has 0 bridgehead atoms. The van der Waals surface area contributed by atoms with Crippen molar-refractivity contribution >= 4 is 5.91 Å². The maximum atomic E-state index is 12.6. The van der Waals surface area contributed by atoms with Crippen molar-refractivity contribution in [3.63, 3.8) is 0 Å². The number of furan rings is 1. The molecule has 7 heteroatoms. The molecule has 7 nitrogen and oxygen atoms in total. The summed E-state index contributed by atoms with van der Waals surface area (Å²) in [7, 11) is 1.78. The number of aromatic nitrogens is 4. The van der Waals surface area contributed by atoms with Crippen LogP contribution in [0.2, 0.25) is 0 Å². The Labute approximate surface area is 146 Å². The predicted octanol–water partition coefficient (Wildman–Crippen LogP) is 2.63. The summed E-state index contributed by atoms with van der Waals surface area (Å²) in [6.07, 6.45) is 3.57. The van der Waals surface area contributed by atoms with Crippen molar-refractivity contribution in [3.8, 4) is 0 Å². The van der Waals surface area contributed by atoms with E-state index in [1.807, 2.05) is 36.9 Å². The van der Waals surface area contributed by atoms with Crippen LogP contribution in [0.1, 0.15) is 40.2 Å². The molecule has 0 atom stereocenters. The predicted molar refractivity (Wildman–Crippen MR) is 93.2 cm³/mol. The van der Waals surface area contributed by atoms with Gasteiger partial charge in [0.15, 0.2) is 5.76 Å². The van der Waals surface area contributed by atoms with Crippen LogP contribution in [0.15, 0.2) is 35.0 Å². The maximum Gasteiger partial charge on any atom is 0.289 e. The minimum absolute atomic E-state index is 0.144. The van der Waals surface area contributed by atoms with E-state index in [2.05, 4.69) is 17.1 Å². The molecular formula is C18H23N5O2. The highest BCUT2D eigenvalue weighted by Gasteiger charge is 2.19. The molecule has 0 spiro atoms. The van der Waals surface area contributed by atoms with Gasteiger partial charge in [0.1, 0.15) is 5.76 Å². The van der Waals surface area contributed by atoms with Gasteiger partial charge in [0, 0.05) is 43.8 Å². The van der Waals surface area contributed by atoms with Crippen LogP contribution in [0.4, 0.5) is 0 Å². The van der Waals surface area contributed by atoms with E-state index in [-0.39, 0.29) is 5.91 Å². The second-order valence-electron chi connectivity index (χ2n) is 6.10. The largest absolute Gasteiger partial charge is 0.454 e. The van der Waals surface area contributed by atoms with Crippen LogP contribution < -0.4 is 0 Å². The zero-order chi connectivity index (χ0) is 18.0. The Bertz CT molecular complexity index is 860. The molecule has 0 aliphatic heterocycles. The number of aryl methyl sites for hydroxylation is 2. The highest BCUT2D eigenvalue weighted by Crippen LogP contribution is 2.17. The summed E-state index contributed by atoms with van der Waals surface area (Å²) >= 11 is 0. The van der Waals surface area contributed by atoms with Crippen LogP contribution in [0.3, 0.4) is 0 Å². The van der Waals surface area contributed by atoms with E-state index in [9.17, 15) is 4.79 Å². The van der Waals surface area contributed by atoms with Crippen molar-refractivity contribution in [1.29, 1.82) is 0 Å². The summed E-state index contributed by atoms with van der Waals surface area (Å²) in [6, 6.07) is 5.38. The van der Waals surface area contributed by atoms with Gasteiger partial charge in [-0.25, -0.2) is 0 Å². The summed E-state index contributed by atoms with van der Waals surface area (Å²) in [6.45, 7) is 7.90. The van der Waals surface area contributed by atoms with Gasteiger partial charge in [-0.3, -0.25) is 14.2 Å². The first-order valence-corrected chi connectivity index (χ1v) is 8.34. The number of hydrogen-bond acceptors (Lipinski definition) is 4. The van der Waals surface area contributed by atoms with Gasteiger partial charge >= 0.3 is 0 Å². The Morgan fingerprint density at radius 1 is 1.32 bits per heavy atom. The third-order valence-electron chi connectivity index (χ3n) is 4.32. The zero-order valence-electron chi connectivity index (χ0n) is 15.1. The summed E-state index contributed by atoms with van der Waals surface area (Å²) in [5.41, 5.74) is 3.14. The molecule has 25 heavy (non-hydrogen) atoms. The molecule has 0 aliphatic carbocycles. The van der Waals surface area contributed by atoms with Crippen molar-refractivity contribution in [3.05, 3.63) is 59.1 Å². The summed E-state index contributed by atoms with van der Waals surface area (Å²) in [4.78, 5) is 14.3. The van der Waals surface area contributed by atoms with Gasteiger partial charge in [-0.2, -0.15) is 10.2 Å². The molecule has 0 unspecified atom stereocenters. The fourth-order valence-corrected chi connectivity index (χ4v) is 2.90. The maximum absolute atomic E-state index is 12.6. The third-order valence-corrected chi connectivity index (χ3v) is 4.32. The van der Waals surface area contributed by atoms with E-state index in [1.54, 1.807) is 28.9 Å². The number of carbonyl (C=O) groups excluding carboxylic acids is 1. The first-order valence-electron chi connectivity index (χ1n) is 8.34. The molecule has 3 aromatic rings. The fourth-order valence-electron chi connectivity index (χ4n) is 2.90. The fraction of sp³-hybridized carbons (Fsp3) is 0.389. The topological polar surface area (TPSA) is 69.1 Å². The van der Waals surface area contributed by atoms with Gasteiger partial charge < -0.3 is 9.32 Å². The van der Waals surface area contributed by atoms with E-state index in [0.717, 1.165) is 23.5 Å². The lowest BCUT2D eigenvalue weighted by molar-refractivity contribution is 0.0751. The summed E-state index contributed by atoms with van der Waals surface area (Å²) < 4.78 is 9.40. The van der Waals surface area contributed by atoms with E-state index in [4.69, 9.17) is 4.42 Å². The van der Waals surface area contributed by atoms with Gasteiger partial charge in [0.25, 0.3) is 5.91 Å². The smallest absolute Gasteiger partial charge is 0.289 e. The average Bonchev–Trinajstić information content (AvgIpc) is 3.32. The van der Waals surface area contributed by atoms with Crippen molar-refractivity contribution in [2.75, 3.05) is 7.05 Å². The Hall–Kier alpha value is -2.83. The van der Waals surface area contributed by atoms with E-state index in [0.29, 0.717) is 24.6 Å². The number of amides is 1. The number of carbonyl (C=O) groups is 1. The minimum Gasteiger partial charge on any atom is -0.454 e. The SMILES string of the molecule is CCn1nc(C)c(CN(C)C(=O)c2ccc(Cn3cccn3)o2)c1C. The van der Waals surface area contributed by atoms with Crippen molar-refractivity contribution in [2.45, 2.75) is 40.4 Å². The molecule has 132 valence electrons. The van der Waals surface area contributed by atoms with E-state index >= 15 is 0 Å². The van der Waals surface area contributed by atoms with Crippen LogP contribution >= 0.6 is 0 Å². The van der Waals surface area contributed by atoms with Crippen molar-refractivity contribution in [2.24, 2.45) is 0 Å². The molecule has 0 aliphatic rings. The second-order valence-corrected chi connectivity index (χ2v) is 6.10. The molecule has 3 heterocycles. The Balaban J connectivity index is 1.70. The molecule has 0 radical (unpaired) electrons. The lowest BCUT2D eigenvalue weighted by atomic mass is 10.2. The van der Waals surface area contributed by atoms with Gasteiger partial charge in [0.2, 0.25) is 0 Å². The first-order chi connectivity index (χ1) is 12.0. The summed E-state index contributed by atoms with van der Waals surface area (Å²) in [5, 5.41) is 8.64. The van der Waals surface area contributed by atoms with Gasteiger partial charge in [-0.15, -0.1) is 0 Å². The third kappa shape index (κ3) is 3.50. The summed E-state index contributed by atoms with van der Waals surface area (Å²) in [5.74, 6) is 0.893. The zero-order valence-corrected chi connectivity index (χ0v) is 15.1. The molecule has 3 rings (SSSR count). The molecular weight excluding hydrogens is 318 g/mol. The molecule has 0 fully saturated rings. The standard InChI is InChI=1S/C18H23N5O2/c1-5-23-14(3)16(13(2)20-23)12-21(4)18(24)17-8-7-15(25-17)11-22-10-6-9-19-22/h6-10H,5,11-12H2,1-4H3. The molecule has 0 saturated carbocycles. The van der Waals surface area contributed by atoms with Crippen LogP contribution in [0.5, 0.6) is 0 Å². The minimum atomic E-state index is -0.144. The Kier molecular flexibility index (Phi) is 4.74. The first kappa shape index (κ1) is 17.0. The van der Waals surface area contributed by atoms with Crippen LogP contribution in [-0.4, -0.2) is 37.4 Å². The second kappa shape index (κ2) is 6.96. The van der Waals surface area contributed by atoms with Gasteiger partial charge in [-0.1, -0.05) is 0 Å². The van der Waals surface area contributed by atoms with Crippen LogP contribution in [0.25, 0.3) is 0 Å². The molecule has 0 aromatic carbocycles. The van der Waals surface area contributed by atoms with Crippen molar-refractivity contribution in [1.82, 2.24) is 24.5 Å². The highest BCUT2D eigenvalue weighted by atomic mass is 16.4. The molecule has 0 N–H and O–H groups in total. The van der Waals surface area contributed by atoms with Crippen LogP contribution in [0, 0.1) is 13.8 Å². The van der Waals surface area contributed by atoms with E-state index < -0.39 is 0 Å². The quantitative estimate of drug-likeness (QED) is 0.691. The lowest BCUT2D eigenvalue weighted by Gasteiger charge is -2.16. The number of nitrogens with zero attached hydrogens (tertiary/aromatic N) is 5. The monoisotopic (exact) mass is 341 g/mol. The molecule has 3 aromatic heterocycles. The molecule has 1 amide bonds. The average molecular weight is 341 g/mol. The Morgan fingerprint density at radius 2 is 2.12 bits per heavy atom. The Morgan fingerprint density at radius 3 is 2.76 bits per heavy atom. The van der Waals surface area contributed by atoms with Crippen molar-refractivity contribution < 1.29 is 9.21 Å². The highest BCUT2D eigenvalue weighted by molar-refractivity contribution is 5.91. The van der Waals surface area contributed by atoms with Gasteiger partial charge in [0.05, 0.1) is 12.2 Å². The normalized spacial score (nSPS) is 11.0. The van der Waals surface area contributed by atoms with Crippen LogP contribution in [-0.2, 0) is 19.6 Å². The van der Waals surface area contributed by atoms with Gasteiger partial charge in [-0.05, 0) is 39.0 Å². The number of hydrogen-bond donors (Lipinski definition) is 0. The molecule has 0 saturated heterocycles. The number of rotatable bonds is 6. The van der Waals surface area contributed by atoms with E-state index in [1.165, 1.54) is 0 Å².